The summed E-state index contributed by atoms with van der Waals surface area (Å²) < 4.78 is 8.96. The molecule has 0 bridgehead atoms. The van der Waals surface area contributed by atoms with Gasteiger partial charge < -0.3 is 15.8 Å². The average Bonchev–Trinajstić information content (AvgIpc) is 2.74. The Morgan fingerprint density at radius 3 is 2.74 bits per heavy atom. The first-order valence-corrected chi connectivity index (χ1v) is 6.65. The molecule has 0 saturated carbocycles. The third-order valence-electron chi connectivity index (χ3n) is 2.51. The zero-order valence-corrected chi connectivity index (χ0v) is 11.6. The highest BCUT2D eigenvalue weighted by Gasteiger charge is 2.20. The normalized spacial score (nSPS) is 10.2. The lowest BCUT2D eigenvalue weighted by atomic mass is 10.2. The molecule has 0 radical (unpaired) electrons. The molecular weight excluding hydrogens is 262 g/mol. The number of aryl methyl sites for hydroxylation is 1. The van der Waals surface area contributed by atoms with Crippen LogP contribution in [0.4, 0.5) is 16.5 Å². The second-order valence-electron chi connectivity index (χ2n) is 3.98. The van der Waals surface area contributed by atoms with Crippen molar-refractivity contribution >= 4 is 34.0 Å². The molecule has 0 atom stereocenters. The summed E-state index contributed by atoms with van der Waals surface area (Å²) in [7, 11) is 0. The van der Waals surface area contributed by atoms with E-state index >= 15 is 0 Å². The van der Waals surface area contributed by atoms with Gasteiger partial charge in [-0.25, -0.2) is 4.79 Å². The van der Waals surface area contributed by atoms with E-state index in [0.29, 0.717) is 17.2 Å². The molecule has 2 rings (SSSR count). The number of benzene rings is 1. The molecule has 2 aromatic rings. The number of nitrogens with zero attached hydrogens (tertiary/aromatic N) is 1. The molecule has 0 aliphatic heterocycles. The highest BCUT2D eigenvalue weighted by molar-refractivity contribution is 7.11. The van der Waals surface area contributed by atoms with Crippen LogP contribution >= 0.6 is 11.5 Å². The Kier molecular flexibility index (Phi) is 4.01. The van der Waals surface area contributed by atoms with Gasteiger partial charge in [0.1, 0.15) is 10.6 Å². The van der Waals surface area contributed by atoms with Crippen LogP contribution in [0.5, 0.6) is 0 Å². The van der Waals surface area contributed by atoms with Gasteiger partial charge in [-0.1, -0.05) is 17.7 Å². The van der Waals surface area contributed by atoms with E-state index in [2.05, 4.69) is 9.69 Å². The van der Waals surface area contributed by atoms with E-state index in [9.17, 15) is 4.79 Å². The van der Waals surface area contributed by atoms with Crippen molar-refractivity contribution < 1.29 is 9.53 Å². The summed E-state index contributed by atoms with van der Waals surface area (Å²) in [5.41, 5.74) is 8.05. The van der Waals surface area contributed by atoms with Crippen molar-refractivity contribution in [1.82, 2.24) is 4.37 Å². The van der Waals surface area contributed by atoms with Gasteiger partial charge in [0, 0.05) is 5.69 Å². The van der Waals surface area contributed by atoms with Gasteiger partial charge >= 0.3 is 5.97 Å². The van der Waals surface area contributed by atoms with E-state index in [4.69, 9.17) is 10.5 Å². The van der Waals surface area contributed by atoms with Gasteiger partial charge in [-0.05, 0) is 37.5 Å². The Morgan fingerprint density at radius 1 is 1.42 bits per heavy atom. The third-order valence-corrected chi connectivity index (χ3v) is 3.28. The van der Waals surface area contributed by atoms with E-state index in [1.165, 1.54) is 5.56 Å². The number of nitrogen functional groups attached to an aromatic ring is 1. The number of ether oxygens (including phenoxy) is 1. The monoisotopic (exact) mass is 277 g/mol. The summed E-state index contributed by atoms with van der Waals surface area (Å²) in [5, 5.41) is 3.73. The number of carbonyl (C=O) groups is 1. The molecule has 5 nitrogen and oxygen atoms in total. The van der Waals surface area contributed by atoms with Gasteiger partial charge in [0.15, 0.2) is 5.82 Å². The molecule has 1 aromatic heterocycles. The number of rotatable bonds is 4. The van der Waals surface area contributed by atoms with Crippen LogP contribution in [0.2, 0.25) is 0 Å². The second-order valence-corrected chi connectivity index (χ2v) is 4.76. The topological polar surface area (TPSA) is 77.2 Å². The summed E-state index contributed by atoms with van der Waals surface area (Å²) in [6.45, 7) is 4.07. The molecule has 1 aromatic carbocycles. The van der Waals surface area contributed by atoms with E-state index in [-0.39, 0.29) is 5.82 Å². The smallest absolute Gasteiger partial charge is 0.345 e. The molecule has 3 N–H and O–H groups in total. The predicted octanol–water partition coefficient (Wildman–Crippen LogP) is 2.95. The van der Waals surface area contributed by atoms with Crippen LogP contribution in [0.15, 0.2) is 24.3 Å². The van der Waals surface area contributed by atoms with Gasteiger partial charge in [-0.3, -0.25) is 0 Å². The SMILES string of the molecule is CCOC(=O)c1c(N)nsc1Nc1ccc(C)cc1. The first kappa shape index (κ1) is 13.4. The quantitative estimate of drug-likeness (QED) is 0.840. The second kappa shape index (κ2) is 5.71. The fourth-order valence-electron chi connectivity index (χ4n) is 1.56. The summed E-state index contributed by atoms with van der Waals surface area (Å²) >= 11 is 1.14. The van der Waals surface area contributed by atoms with Crippen molar-refractivity contribution in [3.05, 3.63) is 35.4 Å². The van der Waals surface area contributed by atoms with Crippen molar-refractivity contribution in [2.24, 2.45) is 0 Å². The third kappa shape index (κ3) is 3.03. The van der Waals surface area contributed by atoms with Crippen molar-refractivity contribution in [1.29, 1.82) is 0 Å². The van der Waals surface area contributed by atoms with E-state index in [0.717, 1.165) is 17.2 Å². The lowest BCUT2D eigenvalue weighted by Crippen LogP contribution is -2.08. The van der Waals surface area contributed by atoms with Crippen LogP contribution in [0.1, 0.15) is 22.8 Å². The number of nitrogens with one attached hydrogen (secondary N) is 1. The molecule has 0 spiro atoms. The number of carbonyl (C=O) groups excluding carboxylic acids is 1. The zero-order valence-electron chi connectivity index (χ0n) is 10.8. The zero-order chi connectivity index (χ0) is 13.8. The summed E-state index contributed by atoms with van der Waals surface area (Å²) in [5.74, 6) is -0.263. The van der Waals surface area contributed by atoms with E-state index in [1.807, 2.05) is 31.2 Å². The Balaban J connectivity index is 2.25. The van der Waals surface area contributed by atoms with Crippen LogP contribution in [0.3, 0.4) is 0 Å². The minimum absolute atomic E-state index is 0.193. The maximum atomic E-state index is 11.8. The highest BCUT2D eigenvalue weighted by atomic mass is 32.1. The molecule has 0 fully saturated rings. The summed E-state index contributed by atoms with van der Waals surface area (Å²) in [6, 6.07) is 7.83. The van der Waals surface area contributed by atoms with Gasteiger partial charge in [-0.15, -0.1) is 0 Å². The van der Waals surface area contributed by atoms with Crippen LogP contribution in [-0.4, -0.2) is 16.9 Å². The lowest BCUT2D eigenvalue weighted by molar-refractivity contribution is 0.0529. The Morgan fingerprint density at radius 2 is 2.11 bits per heavy atom. The van der Waals surface area contributed by atoms with Gasteiger partial charge in [0.25, 0.3) is 0 Å². The van der Waals surface area contributed by atoms with E-state index < -0.39 is 5.97 Å². The fraction of sp³-hybridized carbons (Fsp3) is 0.231. The molecular formula is C13H15N3O2S. The number of nitrogens with two attached hydrogens (primary N) is 1. The Labute approximate surface area is 115 Å². The largest absolute Gasteiger partial charge is 0.462 e. The number of aromatic nitrogens is 1. The average molecular weight is 277 g/mol. The van der Waals surface area contributed by atoms with Gasteiger partial charge in [0.2, 0.25) is 0 Å². The van der Waals surface area contributed by atoms with Crippen molar-refractivity contribution in [2.45, 2.75) is 13.8 Å². The lowest BCUT2D eigenvalue weighted by Gasteiger charge is -2.07. The Hall–Kier alpha value is -2.08. The molecule has 0 aliphatic rings. The van der Waals surface area contributed by atoms with Gasteiger partial charge in [0.05, 0.1) is 6.61 Å². The molecule has 0 unspecified atom stereocenters. The number of hydrogen-bond acceptors (Lipinski definition) is 6. The maximum absolute atomic E-state index is 11.8. The van der Waals surface area contributed by atoms with Crippen LogP contribution in [-0.2, 0) is 4.74 Å². The molecule has 0 amide bonds. The molecule has 6 heteroatoms. The minimum Gasteiger partial charge on any atom is -0.462 e. The minimum atomic E-state index is -0.455. The summed E-state index contributed by atoms with van der Waals surface area (Å²) in [6.07, 6.45) is 0. The first-order chi connectivity index (χ1) is 9.11. The van der Waals surface area contributed by atoms with Crippen molar-refractivity contribution in [2.75, 3.05) is 17.7 Å². The number of hydrogen-bond donors (Lipinski definition) is 2. The summed E-state index contributed by atoms with van der Waals surface area (Å²) in [4.78, 5) is 11.8. The molecule has 0 saturated heterocycles. The maximum Gasteiger partial charge on any atom is 0.345 e. The van der Waals surface area contributed by atoms with Crippen LogP contribution in [0.25, 0.3) is 0 Å². The predicted molar refractivity (Wildman–Crippen MR) is 76.9 cm³/mol. The number of esters is 1. The molecule has 0 aliphatic carbocycles. The van der Waals surface area contributed by atoms with Crippen molar-refractivity contribution in [3.63, 3.8) is 0 Å². The molecule has 100 valence electrons. The first-order valence-electron chi connectivity index (χ1n) is 5.87. The van der Waals surface area contributed by atoms with Crippen LogP contribution < -0.4 is 11.1 Å². The Bertz CT molecular complexity index is 578. The highest BCUT2D eigenvalue weighted by Crippen LogP contribution is 2.30. The van der Waals surface area contributed by atoms with Crippen molar-refractivity contribution in [3.8, 4) is 0 Å². The molecule has 1 heterocycles. The van der Waals surface area contributed by atoms with Crippen LogP contribution in [0, 0.1) is 6.92 Å². The van der Waals surface area contributed by atoms with E-state index in [1.54, 1.807) is 6.92 Å². The molecule has 19 heavy (non-hydrogen) atoms. The fourth-order valence-corrected chi connectivity index (χ4v) is 2.28. The van der Waals surface area contributed by atoms with Gasteiger partial charge in [-0.2, -0.15) is 4.37 Å². The number of anilines is 3. The standard InChI is InChI=1S/C13H15N3O2S/c1-3-18-13(17)10-11(14)16-19-12(10)15-9-6-4-8(2)5-7-9/h4-7,15H,3H2,1-2H3,(H2,14,16).